The third kappa shape index (κ3) is 4.91. The zero-order valence-electron chi connectivity index (χ0n) is 24.7. The Morgan fingerprint density at radius 3 is 1.29 bits per heavy atom. The van der Waals surface area contributed by atoms with Gasteiger partial charge in [-0.1, -0.05) is 97.1 Å². The summed E-state index contributed by atoms with van der Waals surface area (Å²) in [5.74, 6) is 0. The second kappa shape index (κ2) is 11.6. The molecule has 1 aromatic heterocycles. The summed E-state index contributed by atoms with van der Waals surface area (Å²) in [5.41, 5.74) is 10.2. The van der Waals surface area contributed by atoms with E-state index in [1.807, 2.05) is 0 Å². The van der Waals surface area contributed by atoms with Crippen molar-refractivity contribution < 1.29 is 0 Å². The number of aromatic nitrogens is 1. The highest BCUT2D eigenvalue weighted by Crippen LogP contribution is 2.42. The molecule has 8 aromatic rings. The van der Waals surface area contributed by atoms with Gasteiger partial charge < -0.3 is 14.4 Å². The second-order valence-electron chi connectivity index (χ2n) is 11.1. The monoisotopic (exact) mass is 577 g/mol. The molecular weight excluding hydrogens is 546 g/mol. The molecule has 0 saturated carbocycles. The minimum absolute atomic E-state index is 1.08. The molecule has 0 amide bonds. The zero-order chi connectivity index (χ0) is 30.0. The smallest absolute Gasteiger partial charge is 0.0542 e. The van der Waals surface area contributed by atoms with Gasteiger partial charge >= 0.3 is 0 Å². The number of hydrogen-bond donors (Lipinski definition) is 0. The fraction of sp³-hybridized carbons (Fsp3) is 0. The minimum Gasteiger partial charge on any atom is -0.310 e. The average Bonchev–Trinajstić information content (AvgIpc) is 3.44. The van der Waals surface area contributed by atoms with Crippen molar-refractivity contribution in [2.75, 3.05) is 9.80 Å². The zero-order valence-corrected chi connectivity index (χ0v) is 24.7. The summed E-state index contributed by atoms with van der Waals surface area (Å²) in [6.07, 6.45) is 0. The third-order valence-electron chi connectivity index (χ3n) is 8.32. The Kier molecular flexibility index (Phi) is 6.82. The van der Waals surface area contributed by atoms with Gasteiger partial charge in [-0.05, 0) is 91.0 Å². The number of para-hydroxylation sites is 5. The van der Waals surface area contributed by atoms with E-state index in [0.717, 1.165) is 39.8 Å². The Labute approximate surface area is 263 Å². The number of nitrogens with zero attached hydrogens (tertiary/aromatic N) is 3. The van der Waals surface area contributed by atoms with Crippen LogP contribution in [-0.2, 0) is 0 Å². The summed E-state index contributed by atoms with van der Waals surface area (Å²) in [5, 5.41) is 2.46. The molecule has 1 heterocycles. The number of anilines is 6. The maximum absolute atomic E-state index is 2.36. The van der Waals surface area contributed by atoms with Crippen LogP contribution in [0, 0.1) is 0 Å². The summed E-state index contributed by atoms with van der Waals surface area (Å²) in [6.45, 7) is 0. The Morgan fingerprint density at radius 2 is 0.711 bits per heavy atom. The molecule has 0 radical (unpaired) electrons. The molecule has 3 heteroatoms. The van der Waals surface area contributed by atoms with E-state index in [1.54, 1.807) is 0 Å². The molecule has 0 aliphatic rings. The summed E-state index contributed by atoms with van der Waals surface area (Å²) in [6, 6.07) is 66.7. The Morgan fingerprint density at radius 1 is 0.289 bits per heavy atom. The first-order valence-electron chi connectivity index (χ1n) is 15.3. The predicted octanol–water partition coefficient (Wildman–Crippen LogP) is 11.7. The lowest BCUT2D eigenvalue weighted by atomic mass is 10.1. The molecule has 0 fully saturated rings. The third-order valence-corrected chi connectivity index (χ3v) is 8.32. The number of benzene rings is 7. The fourth-order valence-corrected chi connectivity index (χ4v) is 6.35. The lowest BCUT2D eigenvalue weighted by Crippen LogP contribution is -2.13. The number of hydrogen-bond acceptors (Lipinski definition) is 2. The van der Waals surface area contributed by atoms with E-state index < -0.39 is 0 Å². The van der Waals surface area contributed by atoms with Crippen molar-refractivity contribution in [2.45, 2.75) is 0 Å². The molecule has 0 unspecified atom stereocenters. The van der Waals surface area contributed by atoms with Crippen LogP contribution in [0.25, 0.3) is 27.5 Å². The van der Waals surface area contributed by atoms with E-state index in [2.05, 4.69) is 202 Å². The highest BCUT2D eigenvalue weighted by molar-refractivity contribution is 6.10. The molecule has 0 bridgehead atoms. The van der Waals surface area contributed by atoms with E-state index in [0.29, 0.717) is 0 Å². The maximum atomic E-state index is 2.36. The largest absolute Gasteiger partial charge is 0.310 e. The van der Waals surface area contributed by atoms with Crippen LogP contribution in [0.2, 0.25) is 0 Å². The van der Waals surface area contributed by atoms with Crippen molar-refractivity contribution in [2.24, 2.45) is 0 Å². The van der Waals surface area contributed by atoms with Gasteiger partial charge in [-0.3, -0.25) is 0 Å². The molecule has 45 heavy (non-hydrogen) atoms. The number of rotatable bonds is 7. The van der Waals surface area contributed by atoms with Gasteiger partial charge in [0, 0.05) is 50.6 Å². The van der Waals surface area contributed by atoms with Gasteiger partial charge in [0.1, 0.15) is 0 Å². The molecule has 0 aliphatic heterocycles. The molecular formula is C42H31N3. The molecule has 0 N–H and O–H groups in total. The standard InChI is InChI=1S/C42H31N3/c1-5-16-32(17-6-1)43(33-18-7-2-8-19-33)36-24-15-25-37(30-36)44(34-20-9-3-10-21-34)38-28-29-42-40(31-38)39-26-13-14-27-41(39)45(42)35-22-11-4-12-23-35/h1-31H. The molecule has 7 aromatic carbocycles. The molecule has 8 rings (SSSR count). The summed E-state index contributed by atoms with van der Waals surface area (Å²) >= 11 is 0. The molecule has 214 valence electrons. The molecule has 0 spiro atoms. The van der Waals surface area contributed by atoms with Crippen LogP contribution in [-0.4, -0.2) is 4.57 Å². The van der Waals surface area contributed by atoms with E-state index >= 15 is 0 Å². The van der Waals surface area contributed by atoms with Gasteiger partial charge in [-0.2, -0.15) is 0 Å². The van der Waals surface area contributed by atoms with Gasteiger partial charge in [0.05, 0.1) is 11.0 Å². The number of fused-ring (bicyclic) bond motifs is 3. The fourth-order valence-electron chi connectivity index (χ4n) is 6.35. The van der Waals surface area contributed by atoms with Gasteiger partial charge in [0.2, 0.25) is 0 Å². The Hall–Kier alpha value is -6.06. The quantitative estimate of drug-likeness (QED) is 0.187. The molecule has 3 nitrogen and oxygen atoms in total. The van der Waals surface area contributed by atoms with Crippen molar-refractivity contribution in [3.05, 3.63) is 188 Å². The summed E-state index contributed by atoms with van der Waals surface area (Å²) in [7, 11) is 0. The van der Waals surface area contributed by atoms with E-state index in [1.165, 1.54) is 21.8 Å². The van der Waals surface area contributed by atoms with E-state index in [4.69, 9.17) is 0 Å². The van der Waals surface area contributed by atoms with Crippen LogP contribution < -0.4 is 9.80 Å². The van der Waals surface area contributed by atoms with Gasteiger partial charge in [-0.25, -0.2) is 0 Å². The van der Waals surface area contributed by atoms with Gasteiger partial charge in [0.15, 0.2) is 0 Å². The Balaban J connectivity index is 1.32. The average molecular weight is 578 g/mol. The van der Waals surface area contributed by atoms with Crippen LogP contribution >= 0.6 is 0 Å². The van der Waals surface area contributed by atoms with Crippen molar-refractivity contribution in [1.29, 1.82) is 0 Å². The van der Waals surface area contributed by atoms with Crippen LogP contribution in [0.5, 0.6) is 0 Å². The summed E-state index contributed by atoms with van der Waals surface area (Å²) < 4.78 is 2.36. The molecule has 0 saturated heterocycles. The van der Waals surface area contributed by atoms with Crippen molar-refractivity contribution in [1.82, 2.24) is 4.57 Å². The second-order valence-corrected chi connectivity index (χ2v) is 11.1. The minimum atomic E-state index is 1.08. The SMILES string of the molecule is c1ccc(N(c2ccccc2)c2cccc(N(c3ccccc3)c3ccc4c(c3)c3ccccc3n4-c3ccccc3)c2)cc1. The van der Waals surface area contributed by atoms with Gasteiger partial charge in [0.25, 0.3) is 0 Å². The van der Waals surface area contributed by atoms with Crippen LogP contribution in [0.15, 0.2) is 188 Å². The first kappa shape index (κ1) is 26.6. The predicted molar refractivity (Wildman–Crippen MR) is 190 cm³/mol. The highest BCUT2D eigenvalue weighted by atomic mass is 15.2. The first-order chi connectivity index (χ1) is 22.3. The van der Waals surface area contributed by atoms with Crippen LogP contribution in [0.3, 0.4) is 0 Å². The van der Waals surface area contributed by atoms with Crippen molar-refractivity contribution >= 4 is 55.9 Å². The normalized spacial score (nSPS) is 11.1. The topological polar surface area (TPSA) is 11.4 Å². The first-order valence-corrected chi connectivity index (χ1v) is 15.3. The lowest BCUT2D eigenvalue weighted by Gasteiger charge is -2.29. The summed E-state index contributed by atoms with van der Waals surface area (Å²) in [4.78, 5) is 4.66. The molecule has 0 atom stereocenters. The lowest BCUT2D eigenvalue weighted by molar-refractivity contribution is 1.18. The highest BCUT2D eigenvalue weighted by Gasteiger charge is 2.19. The maximum Gasteiger partial charge on any atom is 0.0542 e. The van der Waals surface area contributed by atoms with Crippen molar-refractivity contribution in [3.63, 3.8) is 0 Å². The molecule has 0 aliphatic carbocycles. The van der Waals surface area contributed by atoms with Crippen LogP contribution in [0.1, 0.15) is 0 Å². The van der Waals surface area contributed by atoms with E-state index in [-0.39, 0.29) is 0 Å². The van der Waals surface area contributed by atoms with E-state index in [9.17, 15) is 0 Å². The Bertz CT molecular complexity index is 2170. The van der Waals surface area contributed by atoms with Gasteiger partial charge in [-0.15, -0.1) is 0 Å². The van der Waals surface area contributed by atoms with Crippen molar-refractivity contribution in [3.8, 4) is 5.69 Å². The van der Waals surface area contributed by atoms with Crippen LogP contribution in [0.4, 0.5) is 34.1 Å².